The topological polar surface area (TPSA) is 109 Å². The maximum Gasteiger partial charge on any atom is 0.405 e. The number of anilines is 2. The van der Waals surface area contributed by atoms with Crippen LogP contribution in [-0.2, 0) is 5.41 Å². The number of carbonyl (C=O) groups excluding carboxylic acids is 1. The van der Waals surface area contributed by atoms with Gasteiger partial charge in [-0.2, -0.15) is 18.3 Å². The molecule has 0 aliphatic rings. The van der Waals surface area contributed by atoms with Gasteiger partial charge in [0.25, 0.3) is 5.91 Å². The summed E-state index contributed by atoms with van der Waals surface area (Å²) in [5.74, 6) is -0.413. The van der Waals surface area contributed by atoms with Gasteiger partial charge in [0.1, 0.15) is 18.6 Å². The number of nitrogens with one attached hydrogen (secondary N) is 3. The highest BCUT2D eigenvalue weighted by Crippen LogP contribution is 2.28. The van der Waals surface area contributed by atoms with Gasteiger partial charge in [-0.1, -0.05) is 20.8 Å². The van der Waals surface area contributed by atoms with Crippen molar-refractivity contribution in [2.24, 2.45) is 0 Å². The van der Waals surface area contributed by atoms with Gasteiger partial charge in [-0.05, 0) is 12.1 Å². The predicted octanol–water partition coefficient (Wildman–Crippen LogP) is 3.98. The normalized spacial score (nSPS) is 12.1. The Hall–Kier alpha value is -3.37. The van der Waals surface area contributed by atoms with Crippen LogP contribution in [0.4, 0.5) is 24.7 Å². The number of nitrogens with zero attached hydrogens (tertiary/aromatic N) is 3. The van der Waals surface area contributed by atoms with Crippen molar-refractivity contribution < 1.29 is 22.4 Å². The average molecular weight is 408 g/mol. The lowest BCUT2D eigenvalue weighted by Crippen LogP contribution is -2.21. The van der Waals surface area contributed by atoms with Gasteiger partial charge in [0.05, 0.1) is 11.4 Å². The molecule has 0 unspecified atom stereocenters. The molecule has 29 heavy (non-hydrogen) atoms. The molecule has 0 fully saturated rings. The van der Waals surface area contributed by atoms with E-state index in [1.807, 2.05) is 20.8 Å². The minimum Gasteiger partial charge on any atom is -0.444 e. The van der Waals surface area contributed by atoms with E-state index in [2.05, 4.69) is 30.8 Å². The molecule has 154 valence electrons. The van der Waals surface area contributed by atoms with Crippen LogP contribution in [0, 0.1) is 0 Å². The lowest BCUT2D eigenvalue weighted by molar-refractivity contribution is -0.115. The number of aromatic nitrogens is 4. The fourth-order valence-corrected chi connectivity index (χ4v) is 2.50. The number of aromatic amines is 1. The van der Waals surface area contributed by atoms with E-state index in [-0.39, 0.29) is 22.8 Å². The smallest absolute Gasteiger partial charge is 0.405 e. The van der Waals surface area contributed by atoms with Gasteiger partial charge in [-0.25, -0.2) is 9.97 Å². The van der Waals surface area contributed by atoms with Crippen LogP contribution >= 0.6 is 0 Å². The third kappa shape index (κ3) is 5.12. The van der Waals surface area contributed by atoms with E-state index in [4.69, 9.17) is 4.42 Å². The van der Waals surface area contributed by atoms with Crippen molar-refractivity contribution in [3.05, 3.63) is 42.2 Å². The summed E-state index contributed by atoms with van der Waals surface area (Å²) in [7, 11) is 0. The zero-order valence-electron chi connectivity index (χ0n) is 15.9. The van der Waals surface area contributed by atoms with E-state index in [0.29, 0.717) is 16.9 Å². The number of rotatable bonds is 5. The molecule has 11 heteroatoms. The lowest BCUT2D eigenvalue weighted by Gasteiger charge is -2.17. The number of H-pyrrole nitrogens is 1. The fraction of sp³-hybridized carbons (Fsp3) is 0.333. The summed E-state index contributed by atoms with van der Waals surface area (Å²) in [5, 5.41) is 11.8. The standard InChI is InChI=1S/C18H19F3N6O2/c1-17(2,3)14-11(7-24-27-14)25-15(28)12-8-29-16(26-12)10-4-5-22-13(6-10)23-9-18(19,20)21/h4-8H,9H2,1-3H3,(H,22,23)(H,24,27)(H,25,28). The Balaban J connectivity index is 1.74. The first kappa shape index (κ1) is 20.4. The lowest BCUT2D eigenvalue weighted by atomic mass is 9.91. The molecule has 0 atom stereocenters. The summed E-state index contributed by atoms with van der Waals surface area (Å²) >= 11 is 0. The second kappa shape index (κ2) is 7.57. The number of pyridine rings is 1. The van der Waals surface area contributed by atoms with Crippen LogP contribution in [-0.4, -0.2) is 38.8 Å². The van der Waals surface area contributed by atoms with E-state index in [1.165, 1.54) is 24.6 Å². The first-order valence-electron chi connectivity index (χ1n) is 8.61. The molecular weight excluding hydrogens is 389 g/mol. The summed E-state index contributed by atoms with van der Waals surface area (Å²) in [4.78, 5) is 20.4. The largest absolute Gasteiger partial charge is 0.444 e. The molecule has 0 saturated carbocycles. The van der Waals surface area contributed by atoms with E-state index < -0.39 is 18.6 Å². The van der Waals surface area contributed by atoms with Crippen LogP contribution in [0.2, 0.25) is 0 Å². The minimum atomic E-state index is -4.37. The SMILES string of the molecule is CC(C)(C)c1n[nH]cc1NC(=O)c1coc(-c2ccnc(NCC(F)(F)F)c2)n1. The van der Waals surface area contributed by atoms with Gasteiger partial charge in [-0.3, -0.25) is 9.89 Å². The number of alkyl halides is 3. The van der Waals surface area contributed by atoms with Crippen molar-refractivity contribution in [3.8, 4) is 11.5 Å². The number of carbonyl (C=O) groups is 1. The van der Waals surface area contributed by atoms with Crippen LogP contribution < -0.4 is 10.6 Å². The number of halogens is 3. The third-order valence-electron chi connectivity index (χ3n) is 3.81. The average Bonchev–Trinajstić information content (AvgIpc) is 3.28. The van der Waals surface area contributed by atoms with Crippen LogP contribution in [0.1, 0.15) is 37.0 Å². The third-order valence-corrected chi connectivity index (χ3v) is 3.81. The summed E-state index contributed by atoms with van der Waals surface area (Å²) < 4.78 is 42.3. The number of hydrogen-bond donors (Lipinski definition) is 3. The Bertz CT molecular complexity index is 1000. The number of oxazole rings is 1. The monoisotopic (exact) mass is 408 g/mol. The number of hydrogen-bond acceptors (Lipinski definition) is 6. The van der Waals surface area contributed by atoms with E-state index in [9.17, 15) is 18.0 Å². The van der Waals surface area contributed by atoms with Gasteiger partial charge in [0.15, 0.2) is 5.69 Å². The van der Waals surface area contributed by atoms with Crippen molar-refractivity contribution in [1.29, 1.82) is 0 Å². The fourth-order valence-electron chi connectivity index (χ4n) is 2.50. The summed E-state index contributed by atoms with van der Waals surface area (Å²) in [6, 6.07) is 2.87. The van der Waals surface area contributed by atoms with Crippen molar-refractivity contribution in [2.75, 3.05) is 17.2 Å². The second-order valence-corrected chi connectivity index (χ2v) is 7.29. The molecule has 3 rings (SSSR count). The quantitative estimate of drug-likeness (QED) is 0.589. The molecule has 0 aromatic carbocycles. The molecule has 0 spiro atoms. The van der Waals surface area contributed by atoms with Crippen molar-refractivity contribution in [1.82, 2.24) is 20.2 Å². The van der Waals surface area contributed by atoms with Crippen molar-refractivity contribution in [2.45, 2.75) is 32.4 Å². The summed E-state index contributed by atoms with van der Waals surface area (Å²) in [5.41, 5.74) is 1.32. The van der Waals surface area contributed by atoms with E-state index >= 15 is 0 Å². The Labute approximate surface area is 163 Å². The van der Waals surface area contributed by atoms with Crippen LogP contribution in [0.3, 0.4) is 0 Å². The molecule has 3 aromatic heterocycles. The Kier molecular flexibility index (Phi) is 5.31. The van der Waals surface area contributed by atoms with Crippen LogP contribution in [0.5, 0.6) is 0 Å². The van der Waals surface area contributed by atoms with Gasteiger partial charge in [0, 0.05) is 23.4 Å². The Morgan fingerprint density at radius 2 is 2.03 bits per heavy atom. The molecule has 8 nitrogen and oxygen atoms in total. The molecule has 0 aliphatic carbocycles. The van der Waals surface area contributed by atoms with Crippen LogP contribution in [0.15, 0.2) is 35.2 Å². The molecule has 0 aliphatic heterocycles. The minimum absolute atomic E-state index is 0.0113. The molecular formula is C18H19F3N6O2. The first-order valence-corrected chi connectivity index (χ1v) is 8.61. The van der Waals surface area contributed by atoms with Crippen molar-refractivity contribution in [3.63, 3.8) is 0 Å². The molecule has 0 saturated heterocycles. The Morgan fingerprint density at radius 3 is 2.72 bits per heavy atom. The maximum absolute atomic E-state index is 12.5. The molecule has 0 bridgehead atoms. The van der Waals surface area contributed by atoms with Gasteiger partial charge in [0.2, 0.25) is 5.89 Å². The zero-order chi connectivity index (χ0) is 21.2. The van der Waals surface area contributed by atoms with Crippen molar-refractivity contribution >= 4 is 17.4 Å². The van der Waals surface area contributed by atoms with E-state index in [0.717, 1.165) is 0 Å². The highest BCUT2D eigenvalue weighted by atomic mass is 19.4. The highest BCUT2D eigenvalue weighted by Gasteiger charge is 2.27. The predicted molar refractivity (Wildman–Crippen MR) is 99.5 cm³/mol. The summed E-state index contributed by atoms with van der Waals surface area (Å²) in [6.45, 7) is 4.66. The van der Waals surface area contributed by atoms with Gasteiger partial charge in [-0.15, -0.1) is 0 Å². The maximum atomic E-state index is 12.5. The molecule has 1 amide bonds. The first-order chi connectivity index (χ1) is 13.5. The molecule has 3 N–H and O–H groups in total. The number of amides is 1. The zero-order valence-corrected chi connectivity index (χ0v) is 15.9. The van der Waals surface area contributed by atoms with Gasteiger partial charge < -0.3 is 15.1 Å². The second-order valence-electron chi connectivity index (χ2n) is 7.29. The molecule has 0 radical (unpaired) electrons. The molecule has 3 heterocycles. The van der Waals surface area contributed by atoms with Crippen LogP contribution in [0.25, 0.3) is 11.5 Å². The molecule has 3 aromatic rings. The Morgan fingerprint density at radius 1 is 1.28 bits per heavy atom. The van der Waals surface area contributed by atoms with Gasteiger partial charge >= 0.3 is 6.18 Å². The summed E-state index contributed by atoms with van der Waals surface area (Å²) in [6.07, 6.45) is -0.310. The highest BCUT2D eigenvalue weighted by molar-refractivity contribution is 6.03. The van der Waals surface area contributed by atoms with E-state index in [1.54, 1.807) is 6.20 Å².